The number of nitrogens with one attached hydrogen (secondary N) is 2. The van der Waals surface area contributed by atoms with Crippen LogP contribution in [0.2, 0.25) is 0 Å². The van der Waals surface area contributed by atoms with Crippen LogP contribution in [0.4, 0.5) is 22.7 Å². The highest BCUT2D eigenvalue weighted by Crippen LogP contribution is 2.56. The monoisotopic (exact) mass is 567 g/mol. The molecule has 3 aromatic rings. The second-order valence-electron chi connectivity index (χ2n) is 10.0. The molecule has 1 aliphatic heterocycles. The predicted octanol–water partition coefficient (Wildman–Crippen LogP) is 6.39. The molecular formula is C29H27N8O3S+. The van der Waals surface area contributed by atoms with E-state index < -0.39 is 15.9 Å². The minimum absolute atomic E-state index is 0.0561. The van der Waals surface area contributed by atoms with Crippen LogP contribution in [-0.4, -0.2) is 20.9 Å². The van der Waals surface area contributed by atoms with E-state index >= 15 is 0 Å². The third-order valence-electron chi connectivity index (χ3n) is 7.75. The van der Waals surface area contributed by atoms with Gasteiger partial charge in [0.05, 0.1) is 4.90 Å². The topological polar surface area (TPSA) is 166 Å². The van der Waals surface area contributed by atoms with Crippen molar-refractivity contribution in [2.45, 2.75) is 48.8 Å². The molecule has 1 spiro atoms. The Morgan fingerprint density at radius 2 is 1.61 bits per heavy atom. The molecule has 11 nitrogen and oxygen atoms in total. The van der Waals surface area contributed by atoms with E-state index in [9.17, 15) is 13.2 Å². The average Bonchev–Trinajstić information content (AvgIpc) is 2.98. The van der Waals surface area contributed by atoms with Crippen LogP contribution >= 0.6 is 0 Å². The second kappa shape index (κ2) is 11.3. The summed E-state index contributed by atoms with van der Waals surface area (Å²) in [6.07, 6.45) is 10.1. The molecule has 1 saturated carbocycles. The van der Waals surface area contributed by atoms with E-state index in [1.54, 1.807) is 12.1 Å². The summed E-state index contributed by atoms with van der Waals surface area (Å²) in [7, 11) is -4.08. The van der Waals surface area contributed by atoms with Gasteiger partial charge in [-0.15, -0.1) is 6.42 Å². The molecule has 0 atom stereocenters. The summed E-state index contributed by atoms with van der Waals surface area (Å²) in [4.78, 5) is 21.0. The van der Waals surface area contributed by atoms with E-state index in [-0.39, 0.29) is 23.3 Å². The molecular weight excluding hydrogens is 540 g/mol. The zero-order chi connectivity index (χ0) is 29.0. The summed E-state index contributed by atoms with van der Waals surface area (Å²) in [5.74, 6) is 1.77. The molecule has 0 radical (unpaired) electrons. The second-order valence-corrected chi connectivity index (χ2v) is 11.7. The van der Waals surface area contributed by atoms with E-state index in [1.807, 2.05) is 29.2 Å². The van der Waals surface area contributed by atoms with Crippen LogP contribution in [0.1, 0.15) is 55.2 Å². The van der Waals surface area contributed by atoms with Crippen molar-refractivity contribution in [2.75, 3.05) is 11.4 Å². The maximum Gasteiger partial charge on any atom is 0.264 e. The van der Waals surface area contributed by atoms with Crippen molar-refractivity contribution >= 4 is 38.7 Å². The van der Waals surface area contributed by atoms with Gasteiger partial charge in [0.2, 0.25) is 10.8 Å². The first-order chi connectivity index (χ1) is 19.8. The Kier molecular flexibility index (Phi) is 7.60. The normalized spacial score (nSPS) is 15.0. The lowest BCUT2D eigenvalue weighted by molar-refractivity contribution is -0.119. The molecule has 12 heteroatoms. The number of nitrogens with zero attached hydrogens (tertiary/aromatic N) is 6. The average molecular weight is 568 g/mol. The van der Waals surface area contributed by atoms with Crippen molar-refractivity contribution in [2.24, 2.45) is 10.2 Å². The first kappa shape index (κ1) is 27.6. The molecule has 3 aromatic carbocycles. The Balaban J connectivity index is 1.51. The number of sulfonamides is 1. The Bertz CT molecular complexity index is 1690. The number of hydrogen-bond acceptors (Lipinski definition) is 7. The van der Waals surface area contributed by atoms with Crippen LogP contribution in [0.25, 0.3) is 10.4 Å². The minimum atomic E-state index is -4.08. The Morgan fingerprint density at radius 1 is 1.00 bits per heavy atom. The summed E-state index contributed by atoms with van der Waals surface area (Å²) < 4.78 is 27.8. The van der Waals surface area contributed by atoms with Crippen molar-refractivity contribution in [3.8, 4) is 12.3 Å². The van der Waals surface area contributed by atoms with Gasteiger partial charge in [-0.1, -0.05) is 36.4 Å². The molecule has 2 aliphatic rings. The van der Waals surface area contributed by atoms with Gasteiger partial charge in [-0.2, -0.15) is 0 Å². The number of anilines is 2. The highest BCUT2D eigenvalue weighted by Gasteiger charge is 2.44. The Morgan fingerprint density at radius 3 is 2.17 bits per heavy atom. The van der Waals surface area contributed by atoms with E-state index in [2.05, 4.69) is 30.7 Å². The van der Waals surface area contributed by atoms with Crippen molar-refractivity contribution in [1.82, 2.24) is 9.63 Å². The molecule has 206 valence electrons. The third-order valence-corrected chi connectivity index (χ3v) is 9.14. The zero-order valence-electron chi connectivity index (χ0n) is 22.1. The van der Waals surface area contributed by atoms with E-state index in [0.717, 1.165) is 54.6 Å². The number of carbonyl (C=O) groups excluding carboxylic acids is 1. The number of rotatable bonds is 7. The van der Waals surface area contributed by atoms with Crippen molar-refractivity contribution in [3.63, 3.8) is 0 Å². The van der Waals surface area contributed by atoms with E-state index in [4.69, 9.17) is 17.5 Å². The number of carbonyl (C=O) groups is 1. The zero-order valence-corrected chi connectivity index (χ0v) is 22.9. The number of amides is 1. The van der Waals surface area contributed by atoms with Gasteiger partial charge in [-0.05, 0) is 84.1 Å². The molecule has 2 N–H and O–H groups in total. The first-order valence-electron chi connectivity index (χ1n) is 13.1. The maximum absolute atomic E-state index is 12.9. The van der Waals surface area contributed by atoms with Gasteiger partial charge in [0.15, 0.2) is 10.8 Å². The minimum Gasteiger partial charge on any atom is -0.340 e. The van der Waals surface area contributed by atoms with E-state index in [0.29, 0.717) is 16.9 Å². The first-order valence-corrected chi connectivity index (χ1v) is 14.6. The van der Waals surface area contributed by atoms with E-state index in [1.165, 1.54) is 24.3 Å². The molecule has 5 rings (SSSR count). The lowest BCUT2D eigenvalue weighted by atomic mass is 9.62. The molecule has 41 heavy (non-hydrogen) atoms. The molecule has 0 bridgehead atoms. The van der Waals surface area contributed by atoms with Crippen molar-refractivity contribution < 1.29 is 13.2 Å². The fourth-order valence-electron chi connectivity index (χ4n) is 5.93. The fourth-order valence-corrected chi connectivity index (χ4v) is 6.95. The highest BCUT2D eigenvalue weighted by molar-refractivity contribution is 7.90. The van der Waals surface area contributed by atoms with Crippen LogP contribution < -0.4 is 14.5 Å². The van der Waals surface area contributed by atoms with Gasteiger partial charge in [0.25, 0.3) is 10.0 Å². The van der Waals surface area contributed by atoms with Gasteiger partial charge < -0.3 is 4.90 Å². The molecule has 0 aromatic heterocycles. The smallest absolute Gasteiger partial charge is 0.264 e. The SMILES string of the molecule is C#Cc1ccc(S(=O)(=O)NC(=O)CCN2c3ccc(N=[N+]=[N-])cc3C3(CCCCC3)c3cc(N=[N+]=N)ccc32)cc1. The lowest BCUT2D eigenvalue weighted by Gasteiger charge is -2.47. The largest absolute Gasteiger partial charge is 0.340 e. The lowest BCUT2D eigenvalue weighted by Crippen LogP contribution is -2.40. The quantitative estimate of drug-likeness (QED) is 0.146. The van der Waals surface area contributed by atoms with Crippen LogP contribution in [0.15, 0.2) is 75.8 Å². The summed E-state index contributed by atoms with van der Waals surface area (Å²) in [5, 5.41) is 7.78. The summed E-state index contributed by atoms with van der Waals surface area (Å²) in [6.45, 7) is 0.188. The fraction of sp³-hybridized carbons (Fsp3) is 0.276. The summed E-state index contributed by atoms with van der Waals surface area (Å²) >= 11 is 0. The van der Waals surface area contributed by atoms with Crippen LogP contribution in [0, 0.1) is 17.9 Å². The van der Waals surface area contributed by atoms with Gasteiger partial charge >= 0.3 is 0 Å². The Hall–Kier alpha value is -4.94. The van der Waals surface area contributed by atoms with Crippen molar-refractivity contribution in [1.29, 1.82) is 5.53 Å². The number of benzene rings is 3. The number of azide groups is 1. The number of fused-ring (bicyclic) bond motifs is 4. The summed E-state index contributed by atoms with van der Waals surface area (Å²) in [6, 6.07) is 16.8. The van der Waals surface area contributed by atoms with Gasteiger partial charge in [-0.3, -0.25) is 4.79 Å². The summed E-state index contributed by atoms with van der Waals surface area (Å²) in [5.41, 5.74) is 21.2. The molecule has 1 amide bonds. The molecule has 0 saturated heterocycles. The highest BCUT2D eigenvalue weighted by atomic mass is 32.2. The number of terminal acetylenes is 1. The predicted molar refractivity (Wildman–Crippen MR) is 154 cm³/mol. The standard InChI is InChI=1S/C29H26N8O3S/c1-2-20-6-10-23(11-7-20)41(39,40)34-28(38)14-17-37-26-12-8-21(32-35-30)18-24(26)29(15-4-3-5-16-29)25-19-22(33-36-31)9-13-27(25)37/h1,6-13,18-19,30H,3-5,14-17H2/p+1. The Labute approximate surface area is 237 Å². The van der Waals surface area contributed by atoms with Gasteiger partial charge in [0, 0.05) is 45.9 Å². The molecule has 1 aliphatic carbocycles. The molecule has 1 fully saturated rings. The van der Waals surface area contributed by atoms with Crippen molar-refractivity contribution in [3.05, 3.63) is 87.8 Å². The maximum atomic E-state index is 12.9. The van der Waals surface area contributed by atoms with Gasteiger partial charge in [0.1, 0.15) is 5.53 Å². The third kappa shape index (κ3) is 5.30. The van der Waals surface area contributed by atoms with Gasteiger partial charge in [-0.25, -0.2) is 13.1 Å². The van der Waals surface area contributed by atoms with Crippen LogP contribution in [-0.2, 0) is 20.2 Å². The van der Waals surface area contributed by atoms with Crippen LogP contribution in [0.5, 0.6) is 0 Å². The molecule has 0 unspecified atom stereocenters. The van der Waals surface area contributed by atoms with Crippen LogP contribution in [0.3, 0.4) is 0 Å². The number of hydrogen-bond donors (Lipinski definition) is 2. The molecule has 1 heterocycles.